The number of ether oxygens (including phenoxy) is 1. The summed E-state index contributed by atoms with van der Waals surface area (Å²) in [4.78, 5) is 24.6. The number of methoxy groups -OCH3 is 1. The van der Waals surface area contributed by atoms with Gasteiger partial charge in [-0.15, -0.1) is 11.8 Å². The average Bonchev–Trinajstić information content (AvgIpc) is 2.59. The summed E-state index contributed by atoms with van der Waals surface area (Å²) in [7, 11) is 1.43. The molecule has 0 aromatic heterocycles. The summed E-state index contributed by atoms with van der Waals surface area (Å²) in [6, 6.07) is 10.4. The summed E-state index contributed by atoms with van der Waals surface area (Å²) in [6.45, 7) is 0. The third-order valence-corrected chi connectivity index (χ3v) is 4.15. The predicted molar refractivity (Wildman–Crippen MR) is 90.7 cm³/mol. The fourth-order valence-electron chi connectivity index (χ4n) is 1.77. The fourth-order valence-corrected chi connectivity index (χ4v) is 2.64. The number of carbonyl (C=O) groups is 2. The second-order valence-corrected chi connectivity index (χ2v) is 6.07. The van der Waals surface area contributed by atoms with Gasteiger partial charge in [-0.2, -0.15) is 0 Å². The Kier molecular flexibility index (Phi) is 6.45. The highest BCUT2D eigenvalue weighted by atomic mass is 35.5. The van der Waals surface area contributed by atoms with Crippen molar-refractivity contribution < 1.29 is 18.7 Å². The molecule has 0 aliphatic rings. The Morgan fingerprint density at radius 2 is 1.88 bits per heavy atom. The highest BCUT2D eigenvalue weighted by Gasteiger charge is 2.13. The lowest BCUT2D eigenvalue weighted by Crippen LogP contribution is -2.42. The van der Waals surface area contributed by atoms with Gasteiger partial charge in [-0.25, -0.2) is 4.39 Å². The van der Waals surface area contributed by atoms with Gasteiger partial charge < -0.3 is 4.74 Å². The maximum absolute atomic E-state index is 12.8. The van der Waals surface area contributed by atoms with Crippen LogP contribution in [0.1, 0.15) is 10.4 Å². The Balaban J connectivity index is 1.86. The monoisotopic (exact) mass is 368 g/mol. The van der Waals surface area contributed by atoms with Crippen molar-refractivity contribution in [1.29, 1.82) is 0 Å². The maximum Gasteiger partial charge on any atom is 0.273 e. The van der Waals surface area contributed by atoms with Gasteiger partial charge in [0.05, 0.1) is 18.4 Å². The standard InChI is InChI=1S/C16H14ClFN2O3S/c1-23-14-7-2-10(17)8-13(14)16(22)20-19-15(21)9-24-12-5-3-11(18)4-6-12/h2-8H,9H2,1H3,(H,19,21)(H,20,22). The van der Waals surface area contributed by atoms with Gasteiger partial charge in [-0.3, -0.25) is 20.4 Å². The van der Waals surface area contributed by atoms with E-state index in [1.165, 1.54) is 37.1 Å². The third-order valence-electron chi connectivity index (χ3n) is 2.91. The van der Waals surface area contributed by atoms with E-state index in [9.17, 15) is 14.0 Å². The first kappa shape index (κ1) is 18.1. The van der Waals surface area contributed by atoms with Gasteiger partial charge in [0.2, 0.25) is 5.91 Å². The van der Waals surface area contributed by atoms with E-state index in [-0.39, 0.29) is 17.1 Å². The zero-order valence-corrected chi connectivity index (χ0v) is 14.2. The molecule has 8 heteroatoms. The fraction of sp³-hybridized carbons (Fsp3) is 0.125. The smallest absolute Gasteiger partial charge is 0.273 e. The Bertz CT molecular complexity index is 741. The minimum Gasteiger partial charge on any atom is -0.496 e. The SMILES string of the molecule is COc1ccc(Cl)cc1C(=O)NNC(=O)CSc1ccc(F)cc1. The van der Waals surface area contributed by atoms with Crippen molar-refractivity contribution in [3.63, 3.8) is 0 Å². The molecule has 0 spiro atoms. The largest absolute Gasteiger partial charge is 0.496 e. The second-order valence-electron chi connectivity index (χ2n) is 4.59. The Labute approximate surface area is 147 Å². The first-order valence-electron chi connectivity index (χ1n) is 6.80. The Hall–Kier alpha value is -2.25. The van der Waals surface area contributed by atoms with E-state index < -0.39 is 11.8 Å². The van der Waals surface area contributed by atoms with E-state index >= 15 is 0 Å². The first-order valence-corrected chi connectivity index (χ1v) is 8.17. The molecule has 24 heavy (non-hydrogen) atoms. The minimum atomic E-state index is -0.547. The van der Waals surface area contributed by atoms with Crippen LogP contribution in [0.4, 0.5) is 4.39 Å². The molecule has 2 amide bonds. The lowest BCUT2D eigenvalue weighted by Gasteiger charge is -2.10. The van der Waals surface area contributed by atoms with Crippen molar-refractivity contribution in [2.75, 3.05) is 12.9 Å². The molecule has 0 unspecified atom stereocenters. The summed E-state index contributed by atoms with van der Waals surface area (Å²) in [6.07, 6.45) is 0. The molecule has 0 atom stereocenters. The zero-order valence-electron chi connectivity index (χ0n) is 12.6. The summed E-state index contributed by atoms with van der Waals surface area (Å²) in [5.74, 6) is -0.884. The van der Waals surface area contributed by atoms with Gasteiger partial charge in [0.1, 0.15) is 11.6 Å². The van der Waals surface area contributed by atoms with Crippen LogP contribution < -0.4 is 15.6 Å². The number of halogens is 2. The van der Waals surface area contributed by atoms with Crippen LogP contribution in [0.3, 0.4) is 0 Å². The van der Waals surface area contributed by atoms with Crippen LogP contribution in [-0.2, 0) is 4.79 Å². The molecule has 5 nitrogen and oxygen atoms in total. The molecule has 2 rings (SSSR count). The molecular formula is C16H14ClFN2O3S. The molecule has 0 saturated heterocycles. The Morgan fingerprint density at radius 1 is 1.17 bits per heavy atom. The lowest BCUT2D eigenvalue weighted by molar-refractivity contribution is -0.119. The highest BCUT2D eigenvalue weighted by Crippen LogP contribution is 2.22. The van der Waals surface area contributed by atoms with Gasteiger partial charge in [0.25, 0.3) is 5.91 Å². The van der Waals surface area contributed by atoms with E-state index in [0.29, 0.717) is 10.8 Å². The van der Waals surface area contributed by atoms with Gasteiger partial charge in [-0.05, 0) is 42.5 Å². The molecule has 0 bridgehead atoms. The topological polar surface area (TPSA) is 67.4 Å². The molecule has 0 aliphatic carbocycles. The van der Waals surface area contributed by atoms with Crippen LogP contribution in [0, 0.1) is 5.82 Å². The molecule has 0 radical (unpaired) electrons. The molecule has 2 N–H and O–H groups in total. The zero-order chi connectivity index (χ0) is 17.5. The van der Waals surface area contributed by atoms with Crippen LogP contribution in [0.25, 0.3) is 0 Å². The van der Waals surface area contributed by atoms with Gasteiger partial charge >= 0.3 is 0 Å². The number of benzene rings is 2. The highest BCUT2D eigenvalue weighted by molar-refractivity contribution is 8.00. The van der Waals surface area contributed by atoms with Crippen LogP contribution in [0.5, 0.6) is 5.75 Å². The summed E-state index contributed by atoms with van der Waals surface area (Å²) >= 11 is 7.08. The Morgan fingerprint density at radius 3 is 2.54 bits per heavy atom. The number of hydrogen-bond donors (Lipinski definition) is 2. The van der Waals surface area contributed by atoms with Gasteiger partial charge in [0, 0.05) is 9.92 Å². The maximum atomic E-state index is 12.8. The van der Waals surface area contributed by atoms with Crippen LogP contribution >= 0.6 is 23.4 Å². The molecule has 0 fully saturated rings. The molecule has 0 aliphatic heterocycles. The van der Waals surface area contributed by atoms with Crippen molar-refractivity contribution in [1.82, 2.24) is 10.9 Å². The number of carbonyl (C=O) groups excluding carboxylic acids is 2. The summed E-state index contributed by atoms with van der Waals surface area (Å²) < 4.78 is 17.9. The number of hydrogen-bond acceptors (Lipinski definition) is 4. The van der Waals surface area contributed by atoms with E-state index in [2.05, 4.69) is 10.9 Å². The van der Waals surface area contributed by atoms with Crippen LogP contribution in [-0.4, -0.2) is 24.7 Å². The number of amides is 2. The lowest BCUT2D eigenvalue weighted by atomic mass is 10.2. The van der Waals surface area contributed by atoms with E-state index in [4.69, 9.17) is 16.3 Å². The minimum absolute atomic E-state index is 0.0680. The summed E-state index contributed by atoms with van der Waals surface area (Å²) in [5, 5.41) is 0.374. The average molecular weight is 369 g/mol. The van der Waals surface area contributed by atoms with Crippen molar-refractivity contribution >= 4 is 35.2 Å². The number of nitrogens with one attached hydrogen (secondary N) is 2. The van der Waals surface area contributed by atoms with Crippen molar-refractivity contribution in [2.45, 2.75) is 4.90 Å². The summed E-state index contributed by atoms with van der Waals surface area (Å²) in [5.41, 5.74) is 4.80. The normalized spacial score (nSPS) is 10.1. The van der Waals surface area contributed by atoms with Gasteiger partial charge in [-0.1, -0.05) is 11.6 Å². The third kappa shape index (κ3) is 5.14. The van der Waals surface area contributed by atoms with Crippen LogP contribution in [0.2, 0.25) is 5.02 Å². The van der Waals surface area contributed by atoms with E-state index in [0.717, 1.165) is 4.90 Å². The van der Waals surface area contributed by atoms with E-state index in [1.807, 2.05) is 0 Å². The quantitative estimate of drug-likeness (QED) is 0.628. The molecule has 126 valence electrons. The first-order chi connectivity index (χ1) is 11.5. The van der Waals surface area contributed by atoms with E-state index in [1.54, 1.807) is 24.3 Å². The molecule has 0 saturated carbocycles. The van der Waals surface area contributed by atoms with Crippen LogP contribution in [0.15, 0.2) is 47.4 Å². The molecular weight excluding hydrogens is 355 g/mol. The molecule has 2 aromatic rings. The molecule has 0 heterocycles. The van der Waals surface area contributed by atoms with Gasteiger partial charge in [0.15, 0.2) is 0 Å². The molecule has 2 aromatic carbocycles. The second kappa shape index (κ2) is 8.56. The predicted octanol–water partition coefficient (Wildman–Crippen LogP) is 3.04. The van der Waals surface area contributed by atoms with Crippen molar-refractivity contribution in [3.05, 3.63) is 58.9 Å². The number of thioether (sulfide) groups is 1. The number of hydrazine groups is 1. The number of rotatable bonds is 5. The van der Waals surface area contributed by atoms with Crippen molar-refractivity contribution in [3.8, 4) is 5.75 Å². The van der Waals surface area contributed by atoms with Crippen molar-refractivity contribution in [2.24, 2.45) is 0 Å².